The van der Waals surface area contributed by atoms with E-state index in [4.69, 9.17) is 22.8 Å². The minimum absolute atomic E-state index is 0.00568. The van der Waals surface area contributed by atoms with Crippen molar-refractivity contribution in [3.8, 4) is 18.4 Å². The van der Waals surface area contributed by atoms with Gasteiger partial charge in [-0.3, -0.25) is 9.59 Å². The van der Waals surface area contributed by atoms with Crippen molar-refractivity contribution in [2.24, 2.45) is 5.92 Å². The molecule has 9 heteroatoms. The maximum Gasteiger partial charge on any atom is 0.408 e. The van der Waals surface area contributed by atoms with Crippen LogP contribution in [0.25, 0.3) is 0 Å². The number of aryl methyl sites for hydroxylation is 1. The summed E-state index contributed by atoms with van der Waals surface area (Å²) in [6.45, 7) is 10.3. The first-order valence-corrected chi connectivity index (χ1v) is 12.9. The van der Waals surface area contributed by atoms with Gasteiger partial charge in [0.05, 0.1) is 16.8 Å². The number of nitrogens with zero attached hydrogens (tertiary/aromatic N) is 2. The summed E-state index contributed by atoms with van der Waals surface area (Å²) in [5.41, 5.74) is 1.03. The Bertz CT molecular complexity index is 1270. The fraction of sp³-hybridized carbons (Fsp3) is 0.400. The van der Waals surface area contributed by atoms with Crippen molar-refractivity contribution in [2.45, 2.75) is 65.6 Å². The number of terminal acetylenes is 1. The Hall–Kier alpha value is -4.01. The van der Waals surface area contributed by atoms with Crippen molar-refractivity contribution >= 4 is 35.2 Å². The molecule has 0 aliphatic rings. The number of rotatable bonds is 9. The molecule has 2 aromatic carbocycles. The average Bonchev–Trinajstić information content (AvgIpc) is 2.84. The number of hydrogen-bond donors (Lipinski definition) is 2. The monoisotopic (exact) mass is 550 g/mol. The highest BCUT2D eigenvalue weighted by molar-refractivity contribution is 6.34. The van der Waals surface area contributed by atoms with Gasteiger partial charge in [-0.15, -0.1) is 6.42 Å². The molecule has 0 heterocycles. The van der Waals surface area contributed by atoms with Crippen molar-refractivity contribution in [2.75, 3.05) is 11.9 Å². The molecule has 8 nitrogen and oxygen atoms in total. The molecule has 0 saturated carbocycles. The molecule has 0 aromatic heterocycles. The molecule has 0 radical (unpaired) electrons. The van der Waals surface area contributed by atoms with Crippen LogP contribution in [0.5, 0.6) is 0 Å². The Morgan fingerprint density at radius 3 is 2.36 bits per heavy atom. The number of carbonyl (C=O) groups excluding carboxylic acids is 3. The zero-order valence-electron chi connectivity index (χ0n) is 23.2. The van der Waals surface area contributed by atoms with Crippen LogP contribution in [0.1, 0.15) is 63.8 Å². The van der Waals surface area contributed by atoms with Gasteiger partial charge in [0.1, 0.15) is 24.2 Å². The van der Waals surface area contributed by atoms with Gasteiger partial charge in [-0.05, 0) is 63.3 Å². The number of amides is 3. The molecule has 206 valence electrons. The molecular weight excluding hydrogens is 516 g/mol. The summed E-state index contributed by atoms with van der Waals surface area (Å²) >= 11 is 6.36. The molecule has 2 N–H and O–H groups in total. The van der Waals surface area contributed by atoms with Gasteiger partial charge in [0.25, 0.3) is 5.91 Å². The molecule has 2 atom stereocenters. The van der Waals surface area contributed by atoms with Gasteiger partial charge in [-0.25, -0.2) is 4.79 Å². The van der Waals surface area contributed by atoms with E-state index in [-0.39, 0.29) is 12.3 Å². The van der Waals surface area contributed by atoms with Gasteiger partial charge >= 0.3 is 6.09 Å². The zero-order chi connectivity index (χ0) is 29.3. The topological polar surface area (TPSA) is 112 Å². The van der Waals surface area contributed by atoms with Crippen molar-refractivity contribution in [1.82, 2.24) is 10.2 Å². The van der Waals surface area contributed by atoms with Gasteiger partial charge < -0.3 is 20.3 Å². The lowest BCUT2D eigenvalue weighted by molar-refractivity contribution is -0.140. The van der Waals surface area contributed by atoms with E-state index in [1.807, 2.05) is 19.9 Å². The van der Waals surface area contributed by atoms with E-state index in [0.717, 1.165) is 4.90 Å². The van der Waals surface area contributed by atoms with E-state index in [9.17, 15) is 19.6 Å². The Kier molecular flexibility index (Phi) is 11.0. The number of anilines is 1. The van der Waals surface area contributed by atoms with Crippen LogP contribution in [0.2, 0.25) is 5.02 Å². The minimum Gasteiger partial charge on any atom is -0.444 e. The van der Waals surface area contributed by atoms with Gasteiger partial charge in [0.15, 0.2) is 0 Å². The molecule has 0 spiro atoms. The number of carbonyl (C=O) groups is 3. The fourth-order valence-corrected chi connectivity index (χ4v) is 4.28. The largest absolute Gasteiger partial charge is 0.444 e. The predicted molar refractivity (Wildman–Crippen MR) is 152 cm³/mol. The summed E-state index contributed by atoms with van der Waals surface area (Å²) in [6.07, 6.45) is 5.21. The summed E-state index contributed by atoms with van der Waals surface area (Å²) in [5.74, 6) is 1.31. The lowest BCUT2D eigenvalue weighted by Gasteiger charge is -2.34. The summed E-state index contributed by atoms with van der Waals surface area (Å²) < 4.78 is 5.37. The maximum absolute atomic E-state index is 14.0. The standard InChI is InChI=1S/C30H35ClN4O4/c1-8-21-13-9-10-14-22(21)26(27(36)34-25-20(4)12-11-15-23(25)31)35(17-16-32)28(37)24(18-19(2)3)33-29(38)39-30(5,6)7/h1,9-15,19,24,26H,17-18H2,2-7H3,(H,33,38)(H,34,36). The lowest BCUT2D eigenvalue weighted by Crippen LogP contribution is -2.53. The third-order valence-corrected chi connectivity index (χ3v) is 5.98. The van der Waals surface area contributed by atoms with E-state index in [0.29, 0.717) is 27.4 Å². The third-order valence-electron chi connectivity index (χ3n) is 5.66. The number of alkyl carbamates (subject to hydrolysis) is 1. The molecule has 3 amide bonds. The molecule has 0 bridgehead atoms. The molecule has 2 unspecified atom stereocenters. The summed E-state index contributed by atoms with van der Waals surface area (Å²) in [4.78, 5) is 41.7. The Morgan fingerprint density at radius 2 is 1.79 bits per heavy atom. The lowest BCUT2D eigenvalue weighted by atomic mass is 9.96. The molecule has 0 saturated heterocycles. The van der Waals surface area contributed by atoms with E-state index in [1.54, 1.807) is 70.2 Å². The fourth-order valence-electron chi connectivity index (χ4n) is 4.01. The Labute approximate surface area is 235 Å². The average molecular weight is 551 g/mol. The number of nitrogens with one attached hydrogen (secondary N) is 2. The number of hydrogen-bond acceptors (Lipinski definition) is 5. The number of halogens is 1. The van der Waals surface area contributed by atoms with Gasteiger partial charge in [-0.1, -0.05) is 61.7 Å². The molecule has 39 heavy (non-hydrogen) atoms. The second-order valence-electron chi connectivity index (χ2n) is 10.5. The summed E-state index contributed by atoms with van der Waals surface area (Å²) in [6, 6.07) is 11.5. The van der Waals surface area contributed by atoms with Crippen LogP contribution in [0.3, 0.4) is 0 Å². The first kappa shape index (κ1) is 31.2. The molecule has 0 aliphatic carbocycles. The van der Waals surface area contributed by atoms with Crippen LogP contribution < -0.4 is 10.6 Å². The highest BCUT2D eigenvalue weighted by Crippen LogP contribution is 2.31. The van der Waals surface area contributed by atoms with E-state index < -0.39 is 42.1 Å². The van der Waals surface area contributed by atoms with Crippen LogP contribution in [0, 0.1) is 36.5 Å². The second-order valence-corrected chi connectivity index (χ2v) is 10.9. The molecule has 0 aliphatic heterocycles. The van der Waals surface area contributed by atoms with E-state index in [1.165, 1.54) is 0 Å². The highest BCUT2D eigenvalue weighted by Gasteiger charge is 2.37. The zero-order valence-corrected chi connectivity index (χ0v) is 23.9. The van der Waals surface area contributed by atoms with Crippen LogP contribution in [0.4, 0.5) is 10.5 Å². The van der Waals surface area contributed by atoms with Crippen molar-refractivity contribution in [3.05, 3.63) is 64.2 Å². The number of ether oxygens (including phenoxy) is 1. The second kappa shape index (κ2) is 13.7. The molecule has 0 fully saturated rings. The van der Waals surface area contributed by atoms with Crippen LogP contribution in [-0.2, 0) is 14.3 Å². The minimum atomic E-state index is -1.30. The third kappa shape index (κ3) is 8.77. The maximum atomic E-state index is 14.0. The summed E-state index contributed by atoms with van der Waals surface area (Å²) in [7, 11) is 0. The Balaban J connectivity index is 2.62. The molecule has 2 rings (SSSR count). The SMILES string of the molecule is C#Cc1ccccc1C(C(=O)Nc1c(C)cccc1Cl)N(CC#N)C(=O)C(CC(C)C)NC(=O)OC(C)(C)C. The van der Waals surface area contributed by atoms with Crippen LogP contribution in [-0.4, -0.2) is 41.0 Å². The Morgan fingerprint density at radius 1 is 1.13 bits per heavy atom. The first-order chi connectivity index (χ1) is 18.3. The summed E-state index contributed by atoms with van der Waals surface area (Å²) in [5, 5.41) is 15.5. The van der Waals surface area contributed by atoms with Crippen molar-refractivity contribution in [3.63, 3.8) is 0 Å². The van der Waals surface area contributed by atoms with Gasteiger partial charge in [0, 0.05) is 5.56 Å². The predicted octanol–water partition coefficient (Wildman–Crippen LogP) is 5.60. The van der Waals surface area contributed by atoms with Crippen molar-refractivity contribution < 1.29 is 19.1 Å². The van der Waals surface area contributed by atoms with Crippen LogP contribution in [0.15, 0.2) is 42.5 Å². The quantitative estimate of drug-likeness (QED) is 0.312. The first-order valence-electron chi connectivity index (χ1n) is 12.6. The van der Waals surface area contributed by atoms with Gasteiger partial charge in [-0.2, -0.15) is 5.26 Å². The number of benzene rings is 2. The number of para-hydroxylation sites is 1. The van der Waals surface area contributed by atoms with E-state index >= 15 is 0 Å². The smallest absolute Gasteiger partial charge is 0.408 e. The molecular formula is C30H35ClN4O4. The van der Waals surface area contributed by atoms with Crippen molar-refractivity contribution in [1.29, 1.82) is 5.26 Å². The van der Waals surface area contributed by atoms with E-state index in [2.05, 4.69) is 16.6 Å². The van der Waals surface area contributed by atoms with Crippen LogP contribution >= 0.6 is 11.6 Å². The normalized spacial score (nSPS) is 12.5. The highest BCUT2D eigenvalue weighted by atomic mass is 35.5. The number of nitriles is 1. The van der Waals surface area contributed by atoms with Gasteiger partial charge in [0.2, 0.25) is 5.91 Å². The molecule has 2 aromatic rings.